The molecule has 0 saturated carbocycles. The highest BCUT2D eigenvalue weighted by atomic mass is 31.2. The van der Waals surface area contributed by atoms with Crippen LogP contribution in [0.3, 0.4) is 0 Å². The van der Waals surface area contributed by atoms with Gasteiger partial charge in [0, 0.05) is 12.8 Å². The van der Waals surface area contributed by atoms with Gasteiger partial charge in [0.2, 0.25) is 0 Å². The van der Waals surface area contributed by atoms with Crippen molar-refractivity contribution < 1.29 is 47.8 Å². The van der Waals surface area contributed by atoms with Crippen LogP contribution in [0.1, 0.15) is 213 Å². The zero-order chi connectivity index (χ0) is 39.8. The van der Waals surface area contributed by atoms with Crippen LogP contribution in [0.2, 0.25) is 0 Å². The molecule has 0 aliphatic carbocycles. The standard InChI is InChI=1S/C43H83O10P/c1-3-5-7-9-11-13-15-17-19-21-23-25-27-29-31-33-35-43(47)53-41(39-52-54(48,49)51-37-40(45)36-44)38-50-42(46)34-32-30-28-26-24-22-20-18-16-14-12-10-8-6-4-2/h14,16,40-41,44-45H,3-13,15,17-39H2,1-2H3,(H,48,49)/b16-14+/t40-,41+/m0/s1. The number of aliphatic hydroxyl groups excluding tert-OH is 2. The molecule has 0 radical (unpaired) electrons. The third-order valence-electron chi connectivity index (χ3n) is 9.67. The predicted molar refractivity (Wildman–Crippen MR) is 219 cm³/mol. The van der Waals surface area contributed by atoms with E-state index in [2.05, 4.69) is 26.0 Å². The first-order valence-corrected chi connectivity index (χ1v) is 23.6. The fourth-order valence-corrected chi connectivity index (χ4v) is 7.01. The van der Waals surface area contributed by atoms with E-state index >= 15 is 0 Å². The van der Waals surface area contributed by atoms with Gasteiger partial charge in [-0.2, -0.15) is 0 Å². The fourth-order valence-electron chi connectivity index (χ4n) is 6.22. The number of allylic oxidation sites excluding steroid dienone is 2. The third kappa shape index (κ3) is 39.0. The van der Waals surface area contributed by atoms with Crippen molar-refractivity contribution in [3.8, 4) is 0 Å². The lowest BCUT2D eigenvalue weighted by molar-refractivity contribution is -0.161. The van der Waals surface area contributed by atoms with Crippen LogP contribution in [0.4, 0.5) is 0 Å². The molecule has 10 nitrogen and oxygen atoms in total. The van der Waals surface area contributed by atoms with Crippen molar-refractivity contribution in [1.29, 1.82) is 0 Å². The Balaban J connectivity index is 4.26. The fraction of sp³-hybridized carbons (Fsp3) is 0.907. The van der Waals surface area contributed by atoms with Crippen molar-refractivity contribution in [2.24, 2.45) is 0 Å². The van der Waals surface area contributed by atoms with E-state index in [-0.39, 0.29) is 19.4 Å². The summed E-state index contributed by atoms with van der Waals surface area (Å²) >= 11 is 0. The summed E-state index contributed by atoms with van der Waals surface area (Å²) in [5, 5.41) is 18.3. The number of carbonyl (C=O) groups excluding carboxylic acids is 2. The number of ether oxygens (including phenoxy) is 2. The van der Waals surface area contributed by atoms with Crippen LogP contribution in [0.25, 0.3) is 0 Å². The maximum Gasteiger partial charge on any atom is 0.472 e. The van der Waals surface area contributed by atoms with Crippen molar-refractivity contribution in [2.75, 3.05) is 26.4 Å². The molecule has 0 bridgehead atoms. The zero-order valence-corrected chi connectivity index (χ0v) is 35.6. The van der Waals surface area contributed by atoms with Crippen molar-refractivity contribution in [2.45, 2.75) is 225 Å². The van der Waals surface area contributed by atoms with E-state index in [1.807, 2.05) is 0 Å². The maximum atomic E-state index is 12.6. The minimum atomic E-state index is -4.61. The van der Waals surface area contributed by atoms with Gasteiger partial charge in [0.15, 0.2) is 6.10 Å². The Morgan fingerprint density at radius 3 is 1.35 bits per heavy atom. The molecule has 1 unspecified atom stereocenters. The largest absolute Gasteiger partial charge is 0.472 e. The number of carbonyl (C=O) groups is 2. The van der Waals surface area contributed by atoms with Crippen LogP contribution < -0.4 is 0 Å². The minimum Gasteiger partial charge on any atom is -0.462 e. The van der Waals surface area contributed by atoms with Crippen molar-refractivity contribution in [1.82, 2.24) is 0 Å². The first-order chi connectivity index (χ1) is 26.2. The van der Waals surface area contributed by atoms with Gasteiger partial charge in [0.25, 0.3) is 0 Å². The smallest absolute Gasteiger partial charge is 0.462 e. The number of aliphatic hydroxyl groups is 2. The van der Waals surface area contributed by atoms with Crippen LogP contribution in [-0.4, -0.2) is 65.7 Å². The number of phosphoric acid groups is 1. The maximum absolute atomic E-state index is 12.6. The molecule has 0 aromatic carbocycles. The minimum absolute atomic E-state index is 0.189. The molecule has 0 saturated heterocycles. The van der Waals surface area contributed by atoms with E-state index in [1.165, 1.54) is 128 Å². The molecule has 54 heavy (non-hydrogen) atoms. The van der Waals surface area contributed by atoms with E-state index in [9.17, 15) is 24.2 Å². The van der Waals surface area contributed by atoms with Gasteiger partial charge in [-0.25, -0.2) is 4.57 Å². The summed E-state index contributed by atoms with van der Waals surface area (Å²) in [6, 6.07) is 0. The number of hydrogen-bond donors (Lipinski definition) is 3. The molecular formula is C43H83O10P. The summed E-state index contributed by atoms with van der Waals surface area (Å²) in [5.74, 6) is -0.919. The van der Waals surface area contributed by atoms with E-state index in [0.29, 0.717) is 12.8 Å². The molecule has 0 aromatic rings. The molecule has 0 aliphatic heterocycles. The van der Waals surface area contributed by atoms with E-state index in [0.717, 1.165) is 44.9 Å². The molecule has 0 heterocycles. The molecule has 320 valence electrons. The van der Waals surface area contributed by atoms with Gasteiger partial charge in [-0.1, -0.05) is 174 Å². The van der Waals surface area contributed by atoms with E-state index in [1.54, 1.807) is 0 Å². The molecule has 0 amide bonds. The quantitative estimate of drug-likeness (QED) is 0.0236. The topological polar surface area (TPSA) is 149 Å². The Morgan fingerprint density at radius 2 is 0.907 bits per heavy atom. The molecule has 0 rings (SSSR count). The van der Waals surface area contributed by atoms with Crippen LogP contribution in [0.15, 0.2) is 12.2 Å². The molecule has 3 N–H and O–H groups in total. The molecule has 11 heteroatoms. The number of unbranched alkanes of at least 4 members (excludes halogenated alkanes) is 26. The summed E-state index contributed by atoms with van der Waals surface area (Å²) in [6.07, 6.45) is 37.4. The molecule has 3 atom stereocenters. The SMILES string of the molecule is CCCCCC/C=C/CCCCCCCCCC(=O)OC[C@H](COP(=O)(O)OC[C@@H](O)CO)OC(=O)CCCCCCCCCCCCCCCCCC. The second-order valence-electron chi connectivity index (χ2n) is 15.1. The number of hydrogen-bond acceptors (Lipinski definition) is 9. The number of rotatable bonds is 42. The van der Waals surface area contributed by atoms with Crippen LogP contribution in [-0.2, 0) is 32.7 Å². The first-order valence-electron chi connectivity index (χ1n) is 22.1. The van der Waals surface area contributed by atoms with E-state index in [4.69, 9.17) is 23.6 Å². The highest BCUT2D eigenvalue weighted by Gasteiger charge is 2.27. The lowest BCUT2D eigenvalue weighted by Crippen LogP contribution is -2.29. The van der Waals surface area contributed by atoms with Gasteiger partial charge in [-0.05, 0) is 38.5 Å². The Hall–Kier alpha value is -1.29. The highest BCUT2D eigenvalue weighted by Crippen LogP contribution is 2.43. The number of esters is 2. The summed E-state index contributed by atoms with van der Waals surface area (Å²) in [7, 11) is -4.61. The average Bonchev–Trinajstić information content (AvgIpc) is 3.16. The van der Waals surface area contributed by atoms with Crippen LogP contribution in [0, 0.1) is 0 Å². The normalized spacial score (nSPS) is 13.9. The van der Waals surface area contributed by atoms with Gasteiger partial charge in [-0.15, -0.1) is 0 Å². The molecular weight excluding hydrogens is 707 g/mol. The first kappa shape index (κ1) is 52.7. The molecule has 0 aliphatic rings. The van der Waals surface area contributed by atoms with Gasteiger partial charge in [0.05, 0.1) is 19.8 Å². The second kappa shape index (κ2) is 39.9. The number of phosphoric ester groups is 1. The van der Waals surface area contributed by atoms with Gasteiger partial charge < -0.3 is 24.6 Å². The average molecular weight is 791 g/mol. The second-order valence-corrected chi connectivity index (χ2v) is 16.5. The summed E-state index contributed by atoms with van der Waals surface area (Å²) in [4.78, 5) is 35.0. The van der Waals surface area contributed by atoms with Crippen molar-refractivity contribution in [3.63, 3.8) is 0 Å². The van der Waals surface area contributed by atoms with Crippen molar-refractivity contribution in [3.05, 3.63) is 12.2 Å². The molecule has 0 aromatic heterocycles. The lowest BCUT2D eigenvalue weighted by Gasteiger charge is -2.20. The van der Waals surface area contributed by atoms with Crippen molar-refractivity contribution >= 4 is 19.8 Å². The third-order valence-corrected chi connectivity index (χ3v) is 10.6. The van der Waals surface area contributed by atoms with Gasteiger partial charge in [-0.3, -0.25) is 18.6 Å². The van der Waals surface area contributed by atoms with Gasteiger partial charge in [0.1, 0.15) is 12.7 Å². The van der Waals surface area contributed by atoms with E-state index < -0.39 is 51.8 Å². The summed E-state index contributed by atoms with van der Waals surface area (Å²) < 4.78 is 32.7. The molecule has 0 spiro atoms. The Morgan fingerprint density at radius 1 is 0.537 bits per heavy atom. The molecule has 0 fully saturated rings. The lowest BCUT2D eigenvalue weighted by atomic mass is 10.0. The highest BCUT2D eigenvalue weighted by molar-refractivity contribution is 7.47. The van der Waals surface area contributed by atoms with Crippen LogP contribution in [0.5, 0.6) is 0 Å². The van der Waals surface area contributed by atoms with Crippen LogP contribution >= 0.6 is 7.82 Å². The predicted octanol–water partition coefficient (Wildman–Crippen LogP) is 11.6. The Labute approximate surface area is 330 Å². The Bertz CT molecular complexity index is 915. The zero-order valence-electron chi connectivity index (χ0n) is 34.7. The monoisotopic (exact) mass is 791 g/mol. The van der Waals surface area contributed by atoms with Gasteiger partial charge >= 0.3 is 19.8 Å². The summed E-state index contributed by atoms with van der Waals surface area (Å²) in [5.41, 5.74) is 0. The summed E-state index contributed by atoms with van der Waals surface area (Å²) in [6.45, 7) is 2.39. The Kier molecular flexibility index (Phi) is 39.0.